The SMILES string of the molecule is Cc1cccc(-n2cc(-c3ccc(Cl)cc3)nc2NC(=O)CN(C(=O)c2ccc(F)cc2)C2CC2)c1. The normalized spacial score (nSPS) is 12.9. The van der Waals surface area contributed by atoms with E-state index in [1.807, 2.05) is 54.1 Å². The monoisotopic (exact) mass is 502 g/mol. The summed E-state index contributed by atoms with van der Waals surface area (Å²) >= 11 is 6.04. The first-order chi connectivity index (χ1) is 17.4. The van der Waals surface area contributed by atoms with Crippen LogP contribution in [0.5, 0.6) is 0 Å². The third-order valence-corrected chi connectivity index (χ3v) is 6.28. The number of nitrogens with zero attached hydrogens (tertiary/aromatic N) is 3. The van der Waals surface area contributed by atoms with Crippen molar-refractivity contribution in [3.63, 3.8) is 0 Å². The molecule has 1 fully saturated rings. The molecule has 8 heteroatoms. The minimum absolute atomic E-state index is 0.00514. The van der Waals surface area contributed by atoms with Crippen molar-refractivity contribution in [1.29, 1.82) is 0 Å². The van der Waals surface area contributed by atoms with E-state index in [2.05, 4.69) is 10.3 Å². The minimum atomic E-state index is -0.415. The van der Waals surface area contributed by atoms with Crippen LogP contribution in [-0.4, -0.2) is 38.9 Å². The van der Waals surface area contributed by atoms with E-state index in [0.717, 1.165) is 29.7 Å². The van der Waals surface area contributed by atoms with Crippen LogP contribution >= 0.6 is 11.6 Å². The molecule has 36 heavy (non-hydrogen) atoms. The van der Waals surface area contributed by atoms with Gasteiger partial charge in [-0.05, 0) is 73.9 Å². The Morgan fingerprint density at radius 1 is 1.08 bits per heavy atom. The molecule has 1 heterocycles. The van der Waals surface area contributed by atoms with Crippen LogP contribution in [0.2, 0.25) is 5.02 Å². The van der Waals surface area contributed by atoms with Crippen LogP contribution < -0.4 is 5.32 Å². The maximum atomic E-state index is 13.3. The summed E-state index contributed by atoms with van der Waals surface area (Å²) in [6.07, 6.45) is 3.52. The van der Waals surface area contributed by atoms with Crippen molar-refractivity contribution < 1.29 is 14.0 Å². The molecule has 1 aliphatic rings. The number of anilines is 1. The van der Waals surface area contributed by atoms with Crippen molar-refractivity contribution >= 4 is 29.4 Å². The molecule has 1 aromatic heterocycles. The molecule has 5 rings (SSSR count). The Morgan fingerprint density at radius 3 is 2.47 bits per heavy atom. The van der Waals surface area contributed by atoms with Gasteiger partial charge in [0.2, 0.25) is 11.9 Å². The smallest absolute Gasteiger partial charge is 0.254 e. The van der Waals surface area contributed by atoms with Gasteiger partial charge in [0.05, 0.1) is 5.69 Å². The number of hydrogen-bond donors (Lipinski definition) is 1. The van der Waals surface area contributed by atoms with Crippen molar-refractivity contribution in [3.05, 3.63) is 101 Å². The minimum Gasteiger partial charge on any atom is -0.326 e. The van der Waals surface area contributed by atoms with E-state index in [1.54, 1.807) is 17.0 Å². The van der Waals surface area contributed by atoms with Gasteiger partial charge in [-0.2, -0.15) is 0 Å². The van der Waals surface area contributed by atoms with Crippen molar-refractivity contribution in [1.82, 2.24) is 14.5 Å². The van der Waals surface area contributed by atoms with Crippen LogP contribution in [0, 0.1) is 12.7 Å². The number of hydrogen-bond acceptors (Lipinski definition) is 3. The van der Waals surface area contributed by atoms with Crippen LogP contribution in [0.4, 0.5) is 10.3 Å². The largest absolute Gasteiger partial charge is 0.326 e. The lowest BCUT2D eigenvalue weighted by molar-refractivity contribution is -0.117. The van der Waals surface area contributed by atoms with Gasteiger partial charge in [-0.25, -0.2) is 9.37 Å². The lowest BCUT2D eigenvalue weighted by atomic mass is 10.2. The van der Waals surface area contributed by atoms with Crippen LogP contribution in [0.15, 0.2) is 79.0 Å². The average Bonchev–Trinajstić information content (AvgIpc) is 3.63. The molecule has 1 N–H and O–H groups in total. The number of amides is 2. The second kappa shape index (κ2) is 9.95. The number of aromatic nitrogens is 2. The predicted octanol–water partition coefficient (Wildman–Crippen LogP) is 5.88. The summed E-state index contributed by atoms with van der Waals surface area (Å²) in [6.45, 7) is 1.87. The van der Waals surface area contributed by atoms with Crippen LogP contribution in [-0.2, 0) is 4.79 Å². The summed E-state index contributed by atoms with van der Waals surface area (Å²) in [5, 5.41) is 3.51. The fourth-order valence-electron chi connectivity index (χ4n) is 4.03. The molecule has 2 amide bonds. The van der Waals surface area contributed by atoms with Gasteiger partial charge >= 0.3 is 0 Å². The van der Waals surface area contributed by atoms with Crippen molar-refractivity contribution in [2.75, 3.05) is 11.9 Å². The maximum Gasteiger partial charge on any atom is 0.254 e. The summed E-state index contributed by atoms with van der Waals surface area (Å²) < 4.78 is 15.1. The first-order valence-electron chi connectivity index (χ1n) is 11.7. The first-order valence-corrected chi connectivity index (χ1v) is 12.0. The topological polar surface area (TPSA) is 67.2 Å². The quantitative estimate of drug-likeness (QED) is 0.343. The second-order valence-electron chi connectivity index (χ2n) is 8.88. The Hall–Kier alpha value is -3.97. The van der Waals surface area contributed by atoms with Crippen molar-refractivity contribution in [2.45, 2.75) is 25.8 Å². The Bertz CT molecular complexity index is 1410. The van der Waals surface area contributed by atoms with Gasteiger partial charge in [0.15, 0.2) is 0 Å². The molecule has 4 aromatic rings. The zero-order chi connectivity index (χ0) is 25.2. The molecule has 6 nitrogen and oxygen atoms in total. The zero-order valence-electron chi connectivity index (χ0n) is 19.6. The summed E-state index contributed by atoms with van der Waals surface area (Å²) in [5.41, 5.74) is 3.79. The maximum absolute atomic E-state index is 13.3. The standard InChI is InChI=1S/C28H24ClFN4O2/c1-18-3-2-4-24(15-18)34-16-25(19-5-9-21(29)10-6-19)31-28(34)32-26(35)17-33(23-13-14-23)27(36)20-7-11-22(30)12-8-20/h2-12,15-16,23H,13-14,17H2,1H3,(H,31,32,35). The van der Waals surface area contributed by atoms with Gasteiger partial charge < -0.3 is 4.90 Å². The van der Waals surface area contributed by atoms with E-state index >= 15 is 0 Å². The molecule has 0 radical (unpaired) electrons. The fraction of sp³-hybridized carbons (Fsp3) is 0.179. The van der Waals surface area contributed by atoms with E-state index in [0.29, 0.717) is 22.2 Å². The Kier molecular flexibility index (Phi) is 6.57. The number of aryl methyl sites for hydroxylation is 1. The fourth-order valence-corrected chi connectivity index (χ4v) is 4.16. The van der Waals surface area contributed by atoms with E-state index in [-0.39, 0.29) is 24.4 Å². The third kappa shape index (κ3) is 5.31. The lowest BCUT2D eigenvalue weighted by Gasteiger charge is -2.22. The molecule has 0 aliphatic heterocycles. The third-order valence-electron chi connectivity index (χ3n) is 6.03. The molecule has 3 aromatic carbocycles. The first kappa shape index (κ1) is 23.8. The molecule has 0 bridgehead atoms. The van der Waals surface area contributed by atoms with E-state index in [4.69, 9.17) is 11.6 Å². The van der Waals surface area contributed by atoms with E-state index in [9.17, 15) is 14.0 Å². The summed E-state index contributed by atoms with van der Waals surface area (Å²) in [6, 6.07) is 20.5. The molecule has 0 unspecified atom stereocenters. The summed E-state index contributed by atoms with van der Waals surface area (Å²) in [7, 11) is 0. The van der Waals surface area contributed by atoms with Gasteiger partial charge in [-0.1, -0.05) is 35.9 Å². The molecule has 0 atom stereocenters. The average molecular weight is 503 g/mol. The summed E-state index contributed by atoms with van der Waals surface area (Å²) in [5.74, 6) is -0.724. The highest BCUT2D eigenvalue weighted by atomic mass is 35.5. The molecule has 0 spiro atoms. The Morgan fingerprint density at radius 2 is 1.81 bits per heavy atom. The number of nitrogens with one attached hydrogen (secondary N) is 1. The zero-order valence-corrected chi connectivity index (χ0v) is 20.4. The number of rotatable bonds is 7. The van der Waals surface area contributed by atoms with Gasteiger partial charge in [0.1, 0.15) is 12.4 Å². The number of carbonyl (C=O) groups excluding carboxylic acids is 2. The summed E-state index contributed by atoms with van der Waals surface area (Å²) in [4.78, 5) is 32.4. The number of halogens is 2. The highest BCUT2D eigenvalue weighted by Gasteiger charge is 2.34. The molecule has 1 aliphatic carbocycles. The number of imidazole rings is 1. The van der Waals surface area contributed by atoms with Crippen molar-refractivity contribution in [3.8, 4) is 16.9 Å². The number of carbonyl (C=O) groups is 2. The van der Waals surface area contributed by atoms with E-state index < -0.39 is 5.82 Å². The van der Waals surface area contributed by atoms with Crippen LogP contribution in [0.1, 0.15) is 28.8 Å². The van der Waals surface area contributed by atoms with Gasteiger partial charge in [0, 0.05) is 34.1 Å². The second-order valence-corrected chi connectivity index (χ2v) is 9.32. The van der Waals surface area contributed by atoms with Gasteiger partial charge in [0.25, 0.3) is 5.91 Å². The molecule has 182 valence electrons. The van der Waals surface area contributed by atoms with Crippen LogP contribution in [0.3, 0.4) is 0 Å². The molecular formula is C28H24ClFN4O2. The van der Waals surface area contributed by atoms with Gasteiger partial charge in [-0.15, -0.1) is 0 Å². The number of benzene rings is 3. The van der Waals surface area contributed by atoms with Crippen LogP contribution in [0.25, 0.3) is 16.9 Å². The Balaban J connectivity index is 1.41. The van der Waals surface area contributed by atoms with Gasteiger partial charge in [-0.3, -0.25) is 19.5 Å². The lowest BCUT2D eigenvalue weighted by Crippen LogP contribution is -2.39. The molecule has 1 saturated carbocycles. The highest BCUT2D eigenvalue weighted by molar-refractivity contribution is 6.30. The molecule has 0 saturated heterocycles. The predicted molar refractivity (Wildman–Crippen MR) is 138 cm³/mol. The van der Waals surface area contributed by atoms with Crippen molar-refractivity contribution in [2.24, 2.45) is 0 Å². The molecular weight excluding hydrogens is 479 g/mol. The Labute approximate surface area is 213 Å². The van der Waals surface area contributed by atoms with E-state index in [1.165, 1.54) is 24.3 Å². The highest BCUT2D eigenvalue weighted by Crippen LogP contribution is 2.29.